The van der Waals surface area contributed by atoms with E-state index in [0.717, 1.165) is 45.8 Å². The van der Waals surface area contributed by atoms with Crippen LogP contribution >= 0.6 is 41.0 Å². The Morgan fingerprint density at radius 2 is 1.91 bits per heavy atom. The van der Waals surface area contributed by atoms with Crippen LogP contribution < -0.4 is 10.3 Å². The number of hydrogen-bond acceptors (Lipinski definition) is 8. The standard InChI is InChI=1S/C24H30IN8O3P.2C2H6.CH4S/c1-5-31-12-14(2)36-24-22(15(3)27-30(24)4)19-10-17-18(28-33(37-25)20(17)11-26-19)7-6-16-21(13-31)32(8-9-34)29-23(16)35;3*1-2/h6-7,10-11,14,34,37H,5,8-9,12-13H2,1-4H3,(H,29,35);2*1-2H3;2H,1H3/b7-6+;;;/t14-;;;/m1.../s1. The molecule has 2 bridgehead atoms. The third kappa shape index (κ3) is 8.30. The predicted octanol–water partition coefficient (Wildman–Crippen LogP) is 5.79. The van der Waals surface area contributed by atoms with Crippen molar-refractivity contribution in [2.24, 2.45) is 7.05 Å². The summed E-state index contributed by atoms with van der Waals surface area (Å²) in [4.78, 5) is 20.0. The maximum Gasteiger partial charge on any atom is 0.271 e. The first-order chi connectivity index (χ1) is 20.8. The Morgan fingerprint density at radius 1 is 1.21 bits per heavy atom. The second-order valence-corrected chi connectivity index (χ2v) is 11.2. The maximum atomic E-state index is 13.0. The van der Waals surface area contributed by atoms with E-state index in [4.69, 9.17) is 14.8 Å². The molecule has 0 saturated carbocycles. The molecule has 4 aromatic heterocycles. The van der Waals surface area contributed by atoms with Gasteiger partial charge in [0, 0.05) is 25.5 Å². The number of hydrogen-bond donors (Lipinski definition) is 3. The lowest BCUT2D eigenvalue weighted by Crippen LogP contribution is -2.34. The van der Waals surface area contributed by atoms with E-state index < -0.39 is 0 Å². The number of ether oxygens (including phenoxy) is 1. The van der Waals surface area contributed by atoms with Crippen molar-refractivity contribution in [3.8, 4) is 17.1 Å². The van der Waals surface area contributed by atoms with E-state index in [2.05, 4.69) is 56.7 Å². The second kappa shape index (κ2) is 17.9. The molecule has 1 aliphatic heterocycles. The van der Waals surface area contributed by atoms with Crippen molar-refractivity contribution in [3.05, 3.63) is 45.3 Å². The Hall–Kier alpha value is -2.19. The molecule has 1 unspecified atom stereocenters. The molecule has 0 aliphatic carbocycles. The van der Waals surface area contributed by atoms with Gasteiger partial charge in [-0.2, -0.15) is 22.8 Å². The van der Waals surface area contributed by atoms with E-state index in [1.54, 1.807) is 15.6 Å². The molecule has 43 heavy (non-hydrogen) atoms. The zero-order valence-electron chi connectivity index (χ0n) is 26.6. The average molecular weight is 745 g/mol. The van der Waals surface area contributed by atoms with Crippen LogP contribution in [-0.2, 0) is 20.1 Å². The molecule has 0 amide bonds. The van der Waals surface area contributed by atoms with Gasteiger partial charge in [0.2, 0.25) is 5.88 Å². The normalized spacial score (nSPS) is 15.6. The number of aromatic amines is 1. The summed E-state index contributed by atoms with van der Waals surface area (Å²) in [7, 11) is 1.88. The summed E-state index contributed by atoms with van der Waals surface area (Å²) in [5.41, 5.74) is 5.32. The van der Waals surface area contributed by atoms with Gasteiger partial charge in [-0.05, 0) is 66.9 Å². The first kappa shape index (κ1) is 37.0. The number of aryl methyl sites for hydroxylation is 2. The van der Waals surface area contributed by atoms with Crippen molar-refractivity contribution in [2.45, 2.75) is 67.7 Å². The SMILES string of the molecule is CC.CC.CCN1Cc2c(c(=O)[nH]n2CCO)/C=C/c2nn(PI)c3cnc(cc23)-c2c(C)nn(C)c2O[C@H](C)C1.CS. The fourth-order valence-corrected chi connectivity index (χ4v) is 6.38. The van der Waals surface area contributed by atoms with Crippen LogP contribution in [0.1, 0.15) is 64.2 Å². The minimum atomic E-state index is -0.194. The third-order valence-electron chi connectivity index (χ3n) is 6.60. The molecule has 2 N–H and O–H groups in total. The Balaban J connectivity index is 0.00000101. The second-order valence-electron chi connectivity index (χ2n) is 9.12. The van der Waals surface area contributed by atoms with E-state index in [9.17, 15) is 9.90 Å². The molecule has 4 aromatic rings. The summed E-state index contributed by atoms with van der Waals surface area (Å²) >= 11 is 5.83. The lowest BCUT2D eigenvalue weighted by Gasteiger charge is -2.26. The Kier molecular flexibility index (Phi) is 15.4. The molecule has 5 heterocycles. The monoisotopic (exact) mass is 744 g/mol. The Bertz CT molecular complexity index is 1540. The summed E-state index contributed by atoms with van der Waals surface area (Å²) in [5, 5.41) is 22.9. The number of H-pyrrole nitrogens is 1. The zero-order chi connectivity index (χ0) is 32.3. The van der Waals surface area contributed by atoms with Crippen LogP contribution in [0.3, 0.4) is 0 Å². The molecule has 11 nitrogen and oxygen atoms in total. The highest BCUT2D eigenvalue weighted by molar-refractivity contribution is 14.2. The number of halogens is 1. The smallest absolute Gasteiger partial charge is 0.271 e. The Labute approximate surface area is 274 Å². The van der Waals surface area contributed by atoms with Crippen LogP contribution in [0.15, 0.2) is 17.1 Å². The highest BCUT2D eigenvalue weighted by atomic mass is 127. The van der Waals surface area contributed by atoms with Gasteiger partial charge in [0.25, 0.3) is 5.56 Å². The minimum Gasteiger partial charge on any atom is -0.473 e. The number of thiol groups is 1. The van der Waals surface area contributed by atoms with Crippen LogP contribution in [0.4, 0.5) is 0 Å². The summed E-state index contributed by atoms with van der Waals surface area (Å²) in [5.74, 6) is 0.669. The number of pyridine rings is 1. The molecule has 238 valence electrons. The summed E-state index contributed by atoms with van der Waals surface area (Å²) < 4.78 is 11.9. The number of aromatic nitrogens is 7. The lowest BCUT2D eigenvalue weighted by molar-refractivity contribution is 0.133. The van der Waals surface area contributed by atoms with E-state index >= 15 is 0 Å². The number of nitrogens with zero attached hydrogens (tertiary/aromatic N) is 7. The van der Waals surface area contributed by atoms with Gasteiger partial charge in [-0.3, -0.25) is 24.5 Å². The van der Waals surface area contributed by atoms with Crippen molar-refractivity contribution in [2.75, 3.05) is 26.0 Å². The quantitative estimate of drug-likeness (QED) is 0.138. The fourth-order valence-electron chi connectivity index (χ4n) is 4.86. The van der Waals surface area contributed by atoms with E-state index in [1.165, 1.54) is 0 Å². The number of rotatable bonds is 4. The fraction of sp³-hybridized carbons (Fsp3) is 0.517. The molecule has 2 atom stereocenters. The molecular formula is C29H46IN8O3PS. The average Bonchev–Trinajstić information content (AvgIpc) is 3.63. The number of aliphatic hydroxyl groups is 1. The van der Waals surface area contributed by atoms with Crippen LogP contribution in [-0.4, -0.2) is 76.2 Å². The van der Waals surface area contributed by atoms with Crippen LogP contribution in [0.5, 0.6) is 5.88 Å². The molecule has 5 rings (SSSR count). The predicted molar refractivity (Wildman–Crippen MR) is 192 cm³/mol. The van der Waals surface area contributed by atoms with Gasteiger partial charge in [0.15, 0.2) is 0 Å². The van der Waals surface area contributed by atoms with Gasteiger partial charge in [-0.15, -0.1) is 0 Å². The Morgan fingerprint density at radius 3 is 2.53 bits per heavy atom. The summed E-state index contributed by atoms with van der Waals surface area (Å²) in [6.07, 6.45) is 7.50. The number of nitrogens with one attached hydrogen (secondary N) is 1. The number of likely N-dealkylation sites (N-methyl/N-ethyl adjacent to an activating group) is 1. The van der Waals surface area contributed by atoms with E-state index in [1.807, 2.05) is 77.5 Å². The molecule has 0 saturated heterocycles. The van der Waals surface area contributed by atoms with Crippen molar-refractivity contribution in [1.29, 1.82) is 0 Å². The van der Waals surface area contributed by atoms with Crippen LogP contribution in [0.25, 0.3) is 34.3 Å². The third-order valence-corrected chi connectivity index (χ3v) is 8.47. The number of aliphatic hydroxyl groups excluding tert-OH is 1. The highest BCUT2D eigenvalue weighted by Gasteiger charge is 2.24. The van der Waals surface area contributed by atoms with Crippen molar-refractivity contribution < 1.29 is 9.84 Å². The summed E-state index contributed by atoms with van der Waals surface area (Å²) in [6.45, 7) is 16.2. The van der Waals surface area contributed by atoms with E-state index in [0.29, 0.717) is 37.5 Å². The molecule has 14 heteroatoms. The molecule has 0 fully saturated rings. The van der Waals surface area contributed by atoms with Crippen molar-refractivity contribution in [1.82, 2.24) is 39.0 Å². The largest absolute Gasteiger partial charge is 0.473 e. The van der Waals surface area contributed by atoms with E-state index in [-0.39, 0.29) is 18.3 Å². The highest BCUT2D eigenvalue weighted by Crippen LogP contribution is 2.37. The van der Waals surface area contributed by atoms with Crippen molar-refractivity contribution >= 4 is 64.1 Å². The van der Waals surface area contributed by atoms with Crippen LogP contribution in [0, 0.1) is 6.92 Å². The van der Waals surface area contributed by atoms with Gasteiger partial charge in [-0.25, -0.2) is 9.13 Å². The summed E-state index contributed by atoms with van der Waals surface area (Å²) in [6, 6.07) is 2.02. The molecular weight excluding hydrogens is 698 g/mol. The van der Waals surface area contributed by atoms with Gasteiger partial charge in [0.1, 0.15) is 6.10 Å². The molecule has 0 radical (unpaired) electrons. The zero-order valence-corrected chi connectivity index (χ0v) is 30.7. The first-order valence-electron chi connectivity index (χ1n) is 14.6. The van der Waals surface area contributed by atoms with Crippen LogP contribution in [0.2, 0.25) is 0 Å². The maximum absolute atomic E-state index is 13.0. The van der Waals surface area contributed by atoms with Gasteiger partial charge in [0.05, 0.1) is 65.1 Å². The topological polar surface area (TPSA) is 119 Å². The first-order valence-corrected chi connectivity index (χ1v) is 19.5. The number of fused-ring (bicyclic) bond motifs is 4. The lowest BCUT2D eigenvalue weighted by atomic mass is 10.1. The van der Waals surface area contributed by atoms with Crippen molar-refractivity contribution in [3.63, 3.8) is 0 Å². The molecule has 0 spiro atoms. The molecule has 1 aliphatic rings. The van der Waals surface area contributed by atoms with Gasteiger partial charge in [-0.1, -0.05) is 34.6 Å². The van der Waals surface area contributed by atoms with Gasteiger partial charge < -0.3 is 9.84 Å². The van der Waals surface area contributed by atoms with Gasteiger partial charge >= 0.3 is 0 Å². The molecule has 0 aromatic carbocycles. The minimum absolute atomic E-state index is 0.0730.